The van der Waals surface area contributed by atoms with E-state index in [2.05, 4.69) is 15.9 Å². The van der Waals surface area contributed by atoms with Crippen LogP contribution in [0.2, 0.25) is 0 Å². The van der Waals surface area contributed by atoms with Crippen LogP contribution in [-0.4, -0.2) is 11.9 Å². The van der Waals surface area contributed by atoms with Crippen LogP contribution in [0.25, 0.3) is 0 Å². The zero-order valence-electron chi connectivity index (χ0n) is 7.83. The molecule has 1 rings (SSSR count). The van der Waals surface area contributed by atoms with Gasteiger partial charge in [-0.05, 0) is 18.2 Å². The predicted octanol–water partition coefficient (Wildman–Crippen LogP) is 3.45. The molecule has 76 valence electrons. The van der Waals surface area contributed by atoms with Gasteiger partial charge in [0.15, 0.2) is 0 Å². The van der Waals surface area contributed by atoms with E-state index in [9.17, 15) is 4.79 Å². The first-order chi connectivity index (χ1) is 6.72. The zero-order valence-corrected chi connectivity index (χ0v) is 10.2. The van der Waals surface area contributed by atoms with Crippen LogP contribution in [-0.2, 0) is 9.53 Å². The van der Waals surface area contributed by atoms with Gasteiger partial charge < -0.3 is 4.74 Å². The van der Waals surface area contributed by atoms with E-state index in [1.165, 1.54) is 11.8 Å². The molecule has 0 aromatic heterocycles. The number of thioether (sulfide) groups is 1. The van der Waals surface area contributed by atoms with Crippen molar-refractivity contribution >= 4 is 33.7 Å². The first-order valence-corrected chi connectivity index (χ1v) is 6.04. The number of hydrogen-bond donors (Lipinski definition) is 0. The summed E-state index contributed by atoms with van der Waals surface area (Å²) in [4.78, 5) is 11.9. The van der Waals surface area contributed by atoms with Crippen LogP contribution in [0.5, 0.6) is 0 Å². The van der Waals surface area contributed by atoms with Crippen molar-refractivity contribution in [2.24, 2.45) is 0 Å². The number of carbonyl (C=O) groups excluding carboxylic acids is 1. The monoisotopic (exact) mass is 274 g/mol. The van der Waals surface area contributed by atoms with Crippen LogP contribution in [0.4, 0.5) is 0 Å². The minimum atomic E-state index is -0.160. The highest BCUT2D eigenvalue weighted by Gasteiger charge is 1.99. The highest BCUT2D eigenvalue weighted by molar-refractivity contribution is 9.10. The average molecular weight is 275 g/mol. The van der Waals surface area contributed by atoms with Gasteiger partial charge in [-0.25, -0.2) is 0 Å². The number of ether oxygens (including phenoxy) is 1. The number of carbonyl (C=O) groups is 1. The van der Waals surface area contributed by atoms with Crippen LogP contribution in [0, 0.1) is 0 Å². The zero-order chi connectivity index (χ0) is 10.4. The van der Waals surface area contributed by atoms with Gasteiger partial charge in [-0.15, -0.1) is 0 Å². The average Bonchev–Trinajstić information content (AvgIpc) is 2.17. The minimum Gasteiger partial charge on any atom is -0.454 e. The Morgan fingerprint density at radius 3 is 3.00 bits per heavy atom. The van der Waals surface area contributed by atoms with Crippen LogP contribution in [0.3, 0.4) is 0 Å². The fraction of sp³-hybridized carbons (Fsp3) is 0.300. The van der Waals surface area contributed by atoms with Gasteiger partial charge in [0.1, 0.15) is 5.94 Å². The fourth-order valence-electron chi connectivity index (χ4n) is 0.822. The molecule has 1 aromatic rings. The van der Waals surface area contributed by atoms with Gasteiger partial charge in [0.2, 0.25) is 0 Å². The third-order valence-corrected chi connectivity index (χ3v) is 2.85. The molecule has 0 atom stereocenters. The van der Waals surface area contributed by atoms with Crippen molar-refractivity contribution in [3.05, 3.63) is 28.7 Å². The first-order valence-electron chi connectivity index (χ1n) is 4.26. The van der Waals surface area contributed by atoms with E-state index in [0.717, 1.165) is 9.37 Å². The Labute approximate surface area is 96.2 Å². The predicted molar refractivity (Wildman–Crippen MR) is 61.2 cm³/mol. The van der Waals surface area contributed by atoms with Gasteiger partial charge in [-0.1, -0.05) is 40.7 Å². The maximum Gasteiger partial charge on any atom is 0.306 e. The summed E-state index contributed by atoms with van der Waals surface area (Å²) >= 11 is 4.88. The first kappa shape index (κ1) is 11.6. The minimum absolute atomic E-state index is 0.160. The lowest BCUT2D eigenvalue weighted by Gasteiger charge is -2.03. The molecular formula is C10H11BrO2S. The Morgan fingerprint density at radius 2 is 2.36 bits per heavy atom. The van der Waals surface area contributed by atoms with Gasteiger partial charge in [-0.2, -0.15) is 0 Å². The highest BCUT2D eigenvalue weighted by atomic mass is 79.9. The molecule has 0 bridgehead atoms. The molecule has 0 aliphatic heterocycles. The molecule has 0 radical (unpaired) electrons. The summed E-state index contributed by atoms with van der Waals surface area (Å²) in [5.74, 6) is 0.218. The smallest absolute Gasteiger partial charge is 0.306 e. The maximum atomic E-state index is 10.8. The number of rotatable bonds is 4. The van der Waals surface area contributed by atoms with E-state index in [-0.39, 0.29) is 5.97 Å². The molecule has 2 nitrogen and oxygen atoms in total. The quantitative estimate of drug-likeness (QED) is 0.478. The fourth-order valence-corrected chi connectivity index (χ4v) is 2.08. The Balaban J connectivity index is 2.35. The molecule has 0 spiro atoms. The number of halogens is 1. The van der Waals surface area contributed by atoms with E-state index in [0.29, 0.717) is 12.4 Å². The molecule has 0 unspecified atom stereocenters. The molecule has 0 saturated carbocycles. The van der Waals surface area contributed by atoms with Crippen molar-refractivity contribution < 1.29 is 9.53 Å². The molecule has 0 N–H and O–H groups in total. The Morgan fingerprint density at radius 1 is 1.57 bits per heavy atom. The van der Waals surface area contributed by atoms with E-state index < -0.39 is 0 Å². The van der Waals surface area contributed by atoms with Crippen molar-refractivity contribution in [2.45, 2.75) is 18.2 Å². The molecule has 0 aliphatic rings. The number of hydrogen-bond acceptors (Lipinski definition) is 3. The Hall–Kier alpha value is -0.480. The Bertz CT molecular complexity index is 315. The summed E-state index contributed by atoms with van der Waals surface area (Å²) in [6, 6.07) is 7.88. The normalized spacial score (nSPS) is 9.86. The Kier molecular flexibility index (Phi) is 5.04. The summed E-state index contributed by atoms with van der Waals surface area (Å²) in [6.45, 7) is 1.78. The van der Waals surface area contributed by atoms with Gasteiger partial charge in [-0.3, -0.25) is 4.79 Å². The lowest BCUT2D eigenvalue weighted by Crippen LogP contribution is -2.00. The van der Waals surface area contributed by atoms with Crippen molar-refractivity contribution in [3.8, 4) is 0 Å². The SMILES string of the molecule is CCC(=O)OCSc1cccc(Br)c1. The second-order valence-corrected chi connectivity index (χ2v) is 4.50. The highest BCUT2D eigenvalue weighted by Crippen LogP contribution is 2.21. The molecule has 0 heterocycles. The summed E-state index contributed by atoms with van der Waals surface area (Å²) in [5.41, 5.74) is 0. The van der Waals surface area contributed by atoms with Gasteiger partial charge >= 0.3 is 5.97 Å². The summed E-state index contributed by atoms with van der Waals surface area (Å²) in [6.07, 6.45) is 0.430. The summed E-state index contributed by atoms with van der Waals surface area (Å²) in [5, 5.41) is 0. The third-order valence-electron chi connectivity index (χ3n) is 1.53. The molecule has 0 amide bonds. The van der Waals surface area contributed by atoms with Gasteiger partial charge in [0, 0.05) is 15.8 Å². The van der Waals surface area contributed by atoms with Crippen molar-refractivity contribution in [3.63, 3.8) is 0 Å². The van der Waals surface area contributed by atoms with E-state index in [4.69, 9.17) is 4.74 Å². The lowest BCUT2D eigenvalue weighted by atomic mass is 10.4. The third kappa shape index (κ3) is 4.15. The molecule has 0 aliphatic carbocycles. The molecule has 14 heavy (non-hydrogen) atoms. The molecule has 0 saturated heterocycles. The van der Waals surface area contributed by atoms with Crippen molar-refractivity contribution in [1.82, 2.24) is 0 Å². The number of benzene rings is 1. The van der Waals surface area contributed by atoms with Crippen LogP contribution in [0.15, 0.2) is 33.6 Å². The van der Waals surface area contributed by atoms with Gasteiger partial charge in [0.05, 0.1) is 0 Å². The lowest BCUT2D eigenvalue weighted by molar-refractivity contribution is -0.140. The molecule has 0 fully saturated rings. The second-order valence-electron chi connectivity index (χ2n) is 2.59. The standard InChI is InChI=1S/C10H11BrO2S/c1-2-10(12)13-7-14-9-5-3-4-8(11)6-9/h3-6H,2,7H2,1H3. The van der Waals surface area contributed by atoms with E-state index in [1.807, 2.05) is 24.3 Å². The van der Waals surface area contributed by atoms with Crippen LogP contribution < -0.4 is 0 Å². The topological polar surface area (TPSA) is 26.3 Å². The number of esters is 1. The van der Waals surface area contributed by atoms with Crippen LogP contribution >= 0.6 is 27.7 Å². The summed E-state index contributed by atoms with van der Waals surface area (Å²) in [7, 11) is 0. The molecule has 4 heteroatoms. The van der Waals surface area contributed by atoms with E-state index >= 15 is 0 Å². The van der Waals surface area contributed by atoms with Crippen LogP contribution in [0.1, 0.15) is 13.3 Å². The summed E-state index contributed by atoms with van der Waals surface area (Å²) < 4.78 is 5.98. The second kappa shape index (κ2) is 6.09. The molecular weight excluding hydrogens is 264 g/mol. The van der Waals surface area contributed by atoms with Gasteiger partial charge in [0.25, 0.3) is 0 Å². The van der Waals surface area contributed by atoms with Crippen molar-refractivity contribution in [2.75, 3.05) is 5.94 Å². The van der Waals surface area contributed by atoms with E-state index in [1.54, 1.807) is 6.92 Å². The maximum absolute atomic E-state index is 10.8. The molecule has 1 aromatic carbocycles. The van der Waals surface area contributed by atoms with Crippen molar-refractivity contribution in [1.29, 1.82) is 0 Å². The largest absolute Gasteiger partial charge is 0.454 e.